The molecule has 0 heterocycles. The Morgan fingerprint density at radius 1 is 1.20 bits per heavy atom. The van der Waals surface area contributed by atoms with Crippen LogP contribution in [0.2, 0.25) is 5.02 Å². The number of hydrogen-bond donors (Lipinski definition) is 1. The average molecular weight is 294 g/mol. The van der Waals surface area contributed by atoms with Crippen molar-refractivity contribution in [2.24, 2.45) is 0 Å². The predicted octanol–water partition coefficient (Wildman–Crippen LogP) is 3.32. The molecule has 0 saturated carbocycles. The maximum atomic E-state index is 10.9. The molecule has 0 atom stereocenters. The van der Waals surface area contributed by atoms with E-state index in [4.69, 9.17) is 16.3 Å². The second-order valence-electron chi connectivity index (χ2n) is 4.08. The minimum Gasteiger partial charge on any atom is -0.488 e. The quantitative estimate of drug-likeness (QED) is 0.678. The minimum absolute atomic E-state index is 0.00649. The Bertz CT molecular complexity index is 630. The van der Waals surface area contributed by atoms with Crippen molar-refractivity contribution < 1.29 is 14.8 Å². The van der Waals surface area contributed by atoms with E-state index in [-0.39, 0.29) is 18.9 Å². The first-order valence-corrected chi connectivity index (χ1v) is 6.24. The Morgan fingerprint density at radius 3 is 2.65 bits per heavy atom. The van der Waals surface area contributed by atoms with Crippen molar-refractivity contribution in [2.45, 2.75) is 13.2 Å². The summed E-state index contributed by atoms with van der Waals surface area (Å²) in [4.78, 5) is 10.4. The molecule has 2 rings (SSSR count). The summed E-state index contributed by atoms with van der Waals surface area (Å²) in [7, 11) is 0. The zero-order chi connectivity index (χ0) is 14.5. The van der Waals surface area contributed by atoms with Gasteiger partial charge in [-0.3, -0.25) is 10.1 Å². The molecule has 0 bridgehead atoms. The average Bonchev–Trinajstić information content (AvgIpc) is 2.46. The van der Waals surface area contributed by atoms with E-state index in [1.54, 1.807) is 36.4 Å². The highest BCUT2D eigenvalue weighted by atomic mass is 35.5. The van der Waals surface area contributed by atoms with Crippen molar-refractivity contribution in [2.75, 3.05) is 0 Å². The van der Waals surface area contributed by atoms with Crippen LogP contribution in [0.1, 0.15) is 11.1 Å². The zero-order valence-corrected chi connectivity index (χ0v) is 11.2. The van der Waals surface area contributed by atoms with Gasteiger partial charge < -0.3 is 9.84 Å². The van der Waals surface area contributed by atoms with Crippen LogP contribution in [0.5, 0.6) is 5.75 Å². The van der Waals surface area contributed by atoms with Gasteiger partial charge in [0.15, 0.2) is 0 Å². The highest BCUT2D eigenvalue weighted by molar-refractivity contribution is 6.30. The lowest BCUT2D eigenvalue weighted by atomic mass is 10.2. The number of aliphatic hydroxyl groups is 1. The van der Waals surface area contributed by atoms with Crippen LogP contribution in [-0.2, 0) is 13.2 Å². The Morgan fingerprint density at radius 2 is 1.95 bits per heavy atom. The van der Waals surface area contributed by atoms with E-state index in [1.165, 1.54) is 6.07 Å². The zero-order valence-electron chi connectivity index (χ0n) is 10.5. The van der Waals surface area contributed by atoms with Crippen LogP contribution in [0.15, 0.2) is 42.5 Å². The van der Waals surface area contributed by atoms with Crippen molar-refractivity contribution in [3.63, 3.8) is 0 Å². The van der Waals surface area contributed by atoms with Gasteiger partial charge in [-0.15, -0.1) is 0 Å². The van der Waals surface area contributed by atoms with Gasteiger partial charge in [0.1, 0.15) is 12.4 Å². The van der Waals surface area contributed by atoms with E-state index in [0.717, 1.165) is 0 Å². The summed E-state index contributed by atoms with van der Waals surface area (Å²) >= 11 is 5.82. The molecule has 104 valence electrons. The van der Waals surface area contributed by atoms with Crippen molar-refractivity contribution in [3.8, 4) is 5.75 Å². The van der Waals surface area contributed by atoms with Crippen molar-refractivity contribution in [1.29, 1.82) is 0 Å². The number of nitro groups is 1. The van der Waals surface area contributed by atoms with Gasteiger partial charge in [-0.2, -0.15) is 0 Å². The van der Waals surface area contributed by atoms with Crippen LogP contribution in [0.4, 0.5) is 5.69 Å². The highest BCUT2D eigenvalue weighted by Crippen LogP contribution is 2.25. The number of halogens is 1. The van der Waals surface area contributed by atoms with Crippen LogP contribution in [0.25, 0.3) is 0 Å². The number of aliphatic hydroxyl groups excluding tert-OH is 1. The monoisotopic (exact) mass is 293 g/mol. The summed E-state index contributed by atoms with van der Waals surface area (Å²) in [5, 5.41) is 20.6. The first kappa shape index (κ1) is 14.3. The molecule has 0 radical (unpaired) electrons. The Kier molecular flexibility index (Phi) is 4.55. The summed E-state index contributed by atoms with van der Waals surface area (Å²) in [5.74, 6) is 0.454. The van der Waals surface area contributed by atoms with Crippen LogP contribution >= 0.6 is 11.6 Å². The standard InChI is InChI=1S/C14H12ClNO4/c15-12-5-6-14(11(7-12)8-17)20-9-10-3-1-2-4-13(10)16(18)19/h1-7,17H,8-9H2. The Hall–Kier alpha value is -2.11. The number of nitro benzene ring substituents is 1. The fraction of sp³-hybridized carbons (Fsp3) is 0.143. The second kappa shape index (κ2) is 6.36. The molecule has 0 aliphatic carbocycles. The van der Waals surface area contributed by atoms with Gasteiger partial charge in [0.2, 0.25) is 0 Å². The van der Waals surface area contributed by atoms with E-state index >= 15 is 0 Å². The molecule has 0 spiro atoms. The normalized spacial score (nSPS) is 10.3. The maximum Gasteiger partial charge on any atom is 0.276 e. The topological polar surface area (TPSA) is 72.6 Å². The van der Waals surface area contributed by atoms with Gasteiger partial charge >= 0.3 is 0 Å². The van der Waals surface area contributed by atoms with E-state index in [9.17, 15) is 15.2 Å². The Labute approximate surface area is 120 Å². The molecule has 6 heteroatoms. The van der Waals surface area contributed by atoms with Crippen LogP contribution in [0, 0.1) is 10.1 Å². The molecular formula is C14H12ClNO4. The van der Waals surface area contributed by atoms with Gasteiger partial charge in [-0.1, -0.05) is 23.7 Å². The number of nitrogens with zero attached hydrogens (tertiary/aromatic N) is 1. The molecule has 0 saturated heterocycles. The summed E-state index contributed by atoms with van der Waals surface area (Å²) in [5.41, 5.74) is 1.01. The molecular weight excluding hydrogens is 282 g/mol. The van der Waals surface area contributed by atoms with Gasteiger partial charge in [-0.25, -0.2) is 0 Å². The molecule has 0 aromatic heterocycles. The third kappa shape index (κ3) is 3.26. The molecule has 20 heavy (non-hydrogen) atoms. The van der Waals surface area contributed by atoms with E-state index in [2.05, 4.69) is 0 Å². The van der Waals surface area contributed by atoms with Crippen molar-refractivity contribution in [3.05, 3.63) is 68.7 Å². The van der Waals surface area contributed by atoms with E-state index < -0.39 is 4.92 Å². The molecule has 0 fully saturated rings. The van der Waals surface area contributed by atoms with Gasteiger partial charge in [0, 0.05) is 16.7 Å². The predicted molar refractivity (Wildman–Crippen MR) is 74.8 cm³/mol. The van der Waals surface area contributed by atoms with Crippen molar-refractivity contribution in [1.82, 2.24) is 0 Å². The van der Waals surface area contributed by atoms with E-state index in [1.807, 2.05) is 0 Å². The lowest BCUT2D eigenvalue weighted by molar-refractivity contribution is -0.385. The number of hydrogen-bond acceptors (Lipinski definition) is 4. The third-order valence-corrected chi connectivity index (χ3v) is 3.00. The van der Waals surface area contributed by atoms with Crippen LogP contribution in [0.3, 0.4) is 0 Å². The number of para-hydroxylation sites is 1. The maximum absolute atomic E-state index is 10.9. The number of rotatable bonds is 5. The lowest BCUT2D eigenvalue weighted by Crippen LogP contribution is -2.02. The summed E-state index contributed by atoms with van der Waals surface area (Å²) in [6, 6.07) is 11.2. The lowest BCUT2D eigenvalue weighted by Gasteiger charge is -2.10. The molecule has 0 aliphatic heterocycles. The highest BCUT2D eigenvalue weighted by Gasteiger charge is 2.13. The third-order valence-electron chi connectivity index (χ3n) is 2.76. The van der Waals surface area contributed by atoms with Gasteiger partial charge in [0.05, 0.1) is 17.1 Å². The molecule has 0 amide bonds. The first-order chi connectivity index (χ1) is 9.61. The molecule has 0 aliphatic rings. The fourth-order valence-corrected chi connectivity index (χ4v) is 1.97. The summed E-state index contributed by atoms with van der Waals surface area (Å²) < 4.78 is 5.54. The molecule has 2 aromatic rings. The van der Waals surface area contributed by atoms with Gasteiger partial charge in [-0.05, 0) is 24.3 Å². The van der Waals surface area contributed by atoms with Crippen molar-refractivity contribution >= 4 is 17.3 Å². The smallest absolute Gasteiger partial charge is 0.276 e. The fourth-order valence-electron chi connectivity index (χ4n) is 1.78. The van der Waals surface area contributed by atoms with Crippen LogP contribution in [-0.4, -0.2) is 10.0 Å². The largest absolute Gasteiger partial charge is 0.488 e. The Balaban J connectivity index is 2.19. The molecule has 5 nitrogen and oxygen atoms in total. The molecule has 2 aromatic carbocycles. The van der Waals surface area contributed by atoms with E-state index in [0.29, 0.717) is 21.9 Å². The number of benzene rings is 2. The minimum atomic E-state index is -0.451. The number of ether oxygens (including phenoxy) is 1. The SMILES string of the molecule is O=[N+]([O-])c1ccccc1COc1ccc(Cl)cc1CO. The molecule has 0 unspecified atom stereocenters. The second-order valence-corrected chi connectivity index (χ2v) is 4.52. The summed E-state index contributed by atoms with van der Waals surface area (Å²) in [6.45, 7) is -0.168. The first-order valence-electron chi connectivity index (χ1n) is 5.86. The van der Waals surface area contributed by atoms with Gasteiger partial charge in [0.25, 0.3) is 5.69 Å². The molecule has 1 N–H and O–H groups in total. The van der Waals surface area contributed by atoms with Crippen LogP contribution < -0.4 is 4.74 Å². The summed E-state index contributed by atoms with van der Waals surface area (Å²) in [6.07, 6.45) is 0.